The number of nitrogens with zero attached hydrogens (tertiary/aromatic N) is 5. The summed E-state index contributed by atoms with van der Waals surface area (Å²) in [5.74, 6) is 2.37. The van der Waals surface area contributed by atoms with Crippen molar-refractivity contribution in [3.05, 3.63) is 24.3 Å². The summed E-state index contributed by atoms with van der Waals surface area (Å²) in [6, 6.07) is 7.78. The number of aromatic nitrogens is 4. The van der Waals surface area contributed by atoms with E-state index in [1.54, 1.807) is 4.80 Å². The van der Waals surface area contributed by atoms with Gasteiger partial charge in [0.1, 0.15) is 12.4 Å². The fourth-order valence-electron chi connectivity index (χ4n) is 2.30. The van der Waals surface area contributed by atoms with Crippen LogP contribution in [0.15, 0.2) is 24.3 Å². The Hall–Kier alpha value is -1.95. The standard InChI is InChI=1S/C15H21N5O/c1-3-21-14-8-6-13(7-9-14)15-16-18-20(17-15)11-19(2)10-12-4-5-12/h6-9,12H,3-5,10-11H2,1-2H3. The summed E-state index contributed by atoms with van der Waals surface area (Å²) < 4.78 is 5.43. The van der Waals surface area contributed by atoms with Crippen molar-refractivity contribution < 1.29 is 4.74 Å². The molecule has 0 spiro atoms. The molecule has 21 heavy (non-hydrogen) atoms. The van der Waals surface area contributed by atoms with E-state index in [9.17, 15) is 0 Å². The first-order valence-electron chi connectivity index (χ1n) is 7.44. The molecule has 1 aromatic heterocycles. The fourth-order valence-corrected chi connectivity index (χ4v) is 2.30. The molecule has 0 radical (unpaired) electrons. The van der Waals surface area contributed by atoms with Crippen LogP contribution in [-0.2, 0) is 6.67 Å². The monoisotopic (exact) mass is 287 g/mol. The maximum absolute atomic E-state index is 5.43. The topological polar surface area (TPSA) is 56.1 Å². The van der Waals surface area contributed by atoms with E-state index in [2.05, 4.69) is 27.4 Å². The molecule has 1 fully saturated rings. The first kappa shape index (κ1) is 14.0. The number of ether oxygens (including phenoxy) is 1. The van der Waals surface area contributed by atoms with Crippen LogP contribution >= 0.6 is 0 Å². The quantitative estimate of drug-likeness (QED) is 0.780. The predicted molar refractivity (Wildman–Crippen MR) is 79.8 cm³/mol. The van der Waals surface area contributed by atoms with Crippen LogP contribution in [0.4, 0.5) is 0 Å². The van der Waals surface area contributed by atoms with E-state index in [-0.39, 0.29) is 0 Å². The van der Waals surface area contributed by atoms with Crippen molar-refractivity contribution in [2.24, 2.45) is 5.92 Å². The van der Waals surface area contributed by atoms with Crippen LogP contribution in [0.1, 0.15) is 19.8 Å². The van der Waals surface area contributed by atoms with Gasteiger partial charge in [-0.1, -0.05) is 0 Å². The fraction of sp³-hybridized carbons (Fsp3) is 0.533. The Morgan fingerprint density at radius 1 is 1.29 bits per heavy atom. The van der Waals surface area contributed by atoms with Gasteiger partial charge < -0.3 is 4.74 Å². The third-order valence-electron chi connectivity index (χ3n) is 3.51. The van der Waals surface area contributed by atoms with Crippen LogP contribution in [0.5, 0.6) is 5.75 Å². The summed E-state index contributed by atoms with van der Waals surface area (Å²) in [6.07, 6.45) is 2.71. The van der Waals surface area contributed by atoms with E-state index < -0.39 is 0 Å². The summed E-state index contributed by atoms with van der Waals surface area (Å²) >= 11 is 0. The molecular weight excluding hydrogens is 266 g/mol. The number of rotatable bonds is 7. The maximum atomic E-state index is 5.43. The first-order valence-corrected chi connectivity index (χ1v) is 7.44. The second-order valence-corrected chi connectivity index (χ2v) is 5.57. The van der Waals surface area contributed by atoms with Crippen LogP contribution in [0.25, 0.3) is 11.4 Å². The molecule has 2 aromatic rings. The van der Waals surface area contributed by atoms with Gasteiger partial charge in [-0.15, -0.1) is 15.0 Å². The highest BCUT2D eigenvalue weighted by atomic mass is 16.5. The van der Waals surface area contributed by atoms with Crippen molar-refractivity contribution in [1.29, 1.82) is 0 Å². The third kappa shape index (κ3) is 3.78. The highest BCUT2D eigenvalue weighted by molar-refractivity contribution is 5.55. The van der Waals surface area contributed by atoms with E-state index >= 15 is 0 Å². The number of hydrogen-bond donors (Lipinski definition) is 0. The smallest absolute Gasteiger partial charge is 0.204 e. The molecular formula is C15H21N5O. The molecule has 0 saturated heterocycles. The molecule has 0 N–H and O–H groups in total. The Morgan fingerprint density at radius 3 is 2.71 bits per heavy atom. The number of tetrazole rings is 1. The molecule has 1 aromatic carbocycles. The van der Waals surface area contributed by atoms with Crippen molar-refractivity contribution in [1.82, 2.24) is 25.1 Å². The van der Waals surface area contributed by atoms with Crippen LogP contribution < -0.4 is 4.74 Å². The molecule has 6 nitrogen and oxygen atoms in total. The second kappa shape index (κ2) is 6.22. The lowest BCUT2D eigenvalue weighted by Crippen LogP contribution is -2.25. The lowest BCUT2D eigenvalue weighted by Gasteiger charge is -2.14. The van der Waals surface area contributed by atoms with E-state index in [0.29, 0.717) is 19.1 Å². The first-order chi connectivity index (χ1) is 10.2. The molecule has 0 atom stereocenters. The molecule has 1 heterocycles. The lowest BCUT2D eigenvalue weighted by molar-refractivity contribution is 0.226. The summed E-state index contributed by atoms with van der Waals surface area (Å²) in [4.78, 5) is 3.88. The van der Waals surface area contributed by atoms with Gasteiger partial charge in [0.05, 0.1) is 6.61 Å². The summed E-state index contributed by atoms with van der Waals surface area (Å²) in [7, 11) is 2.10. The molecule has 0 aliphatic heterocycles. The Kier molecular flexibility index (Phi) is 4.15. The third-order valence-corrected chi connectivity index (χ3v) is 3.51. The summed E-state index contributed by atoms with van der Waals surface area (Å²) in [5.41, 5.74) is 0.953. The molecule has 0 bridgehead atoms. The molecule has 0 unspecified atom stereocenters. The van der Waals surface area contributed by atoms with E-state index in [1.807, 2.05) is 31.2 Å². The number of hydrogen-bond acceptors (Lipinski definition) is 5. The number of benzene rings is 1. The van der Waals surface area contributed by atoms with E-state index in [1.165, 1.54) is 12.8 Å². The lowest BCUT2D eigenvalue weighted by atomic mass is 10.2. The maximum Gasteiger partial charge on any atom is 0.204 e. The van der Waals surface area contributed by atoms with Gasteiger partial charge in [0, 0.05) is 12.1 Å². The Balaban J connectivity index is 1.63. The van der Waals surface area contributed by atoms with Gasteiger partial charge >= 0.3 is 0 Å². The normalized spacial score (nSPS) is 14.6. The van der Waals surface area contributed by atoms with Crippen molar-refractivity contribution in [3.63, 3.8) is 0 Å². The molecule has 0 amide bonds. The van der Waals surface area contributed by atoms with Crippen molar-refractivity contribution >= 4 is 0 Å². The van der Waals surface area contributed by atoms with Crippen molar-refractivity contribution in [2.45, 2.75) is 26.4 Å². The van der Waals surface area contributed by atoms with Crippen molar-refractivity contribution in [2.75, 3.05) is 20.2 Å². The van der Waals surface area contributed by atoms with Crippen LogP contribution in [0.2, 0.25) is 0 Å². The van der Waals surface area contributed by atoms with Gasteiger partial charge in [-0.25, -0.2) is 0 Å². The van der Waals surface area contributed by atoms with Gasteiger partial charge in [0.15, 0.2) is 0 Å². The Bertz CT molecular complexity index is 576. The Morgan fingerprint density at radius 2 is 2.05 bits per heavy atom. The molecule has 1 aliphatic rings. The zero-order valence-electron chi connectivity index (χ0n) is 12.6. The second-order valence-electron chi connectivity index (χ2n) is 5.57. The predicted octanol–water partition coefficient (Wildman–Crippen LogP) is 2.04. The summed E-state index contributed by atoms with van der Waals surface area (Å²) in [6.45, 7) is 4.43. The highest BCUT2D eigenvalue weighted by Gasteiger charge is 2.23. The van der Waals surface area contributed by atoms with Gasteiger partial charge in [0.25, 0.3) is 0 Å². The zero-order valence-corrected chi connectivity index (χ0v) is 12.6. The average molecular weight is 287 g/mol. The van der Waals surface area contributed by atoms with E-state index in [0.717, 1.165) is 23.8 Å². The van der Waals surface area contributed by atoms with E-state index in [4.69, 9.17) is 4.74 Å². The zero-order chi connectivity index (χ0) is 14.7. The average Bonchev–Trinajstić information content (AvgIpc) is 3.16. The van der Waals surface area contributed by atoms with Crippen LogP contribution in [0, 0.1) is 5.92 Å². The Labute approximate surface area is 124 Å². The molecule has 112 valence electrons. The van der Waals surface area contributed by atoms with Gasteiger partial charge in [0.2, 0.25) is 5.82 Å². The minimum Gasteiger partial charge on any atom is -0.494 e. The van der Waals surface area contributed by atoms with Gasteiger partial charge in [-0.05, 0) is 62.2 Å². The molecule has 3 rings (SSSR count). The van der Waals surface area contributed by atoms with Crippen molar-refractivity contribution in [3.8, 4) is 17.1 Å². The molecule has 6 heteroatoms. The van der Waals surface area contributed by atoms with Gasteiger partial charge in [-0.3, -0.25) is 4.90 Å². The molecule has 1 saturated carbocycles. The largest absolute Gasteiger partial charge is 0.494 e. The van der Waals surface area contributed by atoms with Gasteiger partial charge in [-0.2, -0.15) is 0 Å². The van der Waals surface area contributed by atoms with Crippen LogP contribution in [0.3, 0.4) is 0 Å². The van der Waals surface area contributed by atoms with Crippen LogP contribution in [-0.4, -0.2) is 45.3 Å². The SMILES string of the molecule is CCOc1ccc(-c2nnn(CN(C)CC3CC3)n2)cc1. The minimum atomic E-state index is 0.651. The molecule has 1 aliphatic carbocycles. The minimum absolute atomic E-state index is 0.651. The summed E-state index contributed by atoms with van der Waals surface area (Å²) in [5, 5.41) is 12.7. The highest BCUT2D eigenvalue weighted by Crippen LogP contribution is 2.29.